The van der Waals surface area contributed by atoms with Crippen LogP contribution in [0.2, 0.25) is 14.8 Å². The third-order valence-corrected chi connectivity index (χ3v) is 16.2. The van der Waals surface area contributed by atoms with Gasteiger partial charge in [-0.3, -0.25) is 0 Å². The van der Waals surface area contributed by atoms with Crippen LogP contribution in [0.15, 0.2) is 11.0 Å². The van der Waals surface area contributed by atoms with Gasteiger partial charge in [0.2, 0.25) is 0 Å². The molecule has 1 amide bonds. The quantitative estimate of drug-likeness (QED) is 0.685. The van der Waals surface area contributed by atoms with Gasteiger partial charge in [0, 0.05) is 0 Å². The summed E-state index contributed by atoms with van der Waals surface area (Å²) in [6, 6.07) is 2.08. The molecule has 0 bridgehead atoms. The van der Waals surface area contributed by atoms with E-state index in [9.17, 15) is 13.2 Å². The second kappa shape index (κ2) is 4.71. The summed E-state index contributed by atoms with van der Waals surface area (Å²) >= 11 is -0.920. The van der Waals surface area contributed by atoms with E-state index in [0.717, 1.165) is 12.8 Å². The van der Waals surface area contributed by atoms with Crippen LogP contribution < -0.4 is 2.89 Å². The van der Waals surface area contributed by atoms with Crippen LogP contribution in [0.25, 0.3) is 0 Å². The predicted octanol–water partition coefficient (Wildman–Crippen LogP) is 1.69. The van der Waals surface area contributed by atoms with Crippen LogP contribution in [0.5, 0.6) is 0 Å². The zero-order valence-electron chi connectivity index (χ0n) is 12.0. The molecule has 3 rings (SSSR count). The number of nitrogens with zero attached hydrogens (tertiary/aromatic N) is 1. The monoisotopic (exact) mass is 421 g/mol. The number of carbonyl (C=O) groups excluding carboxylic acids is 1. The summed E-state index contributed by atoms with van der Waals surface area (Å²) in [4.78, 5) is 21.9. The molecule has 1 aromatic rings. The Morgan fingerprint density at radius 1 is 1.30 bits per heavy atom. The standard InChI is InChI=1S/C10H10NO3S2.3CH3.Sn/c12-10-9-8(3-5-15-9)16(13,14)6-4-11(10)7-1-2-7;;;;/h3,7H,1-2,4,6H2;3*1H3;. The summed E-state index contributed by atoms with van der Waals surface area (Å²) in [5.41, 5.74) is 0. The minimum absolute atomic E-state index is 0.0598. The number of sulfone groups is 1. The van der Waals surface area contributed by atoms with Gasteiger partial charge in [0.25, 0.3) is 0 Å². The van der Waals surface area contributed by atoms with E-state index in [1.807, 2.05) is 0 Å². The molecule has 2 aliphatic rings. The van der Waals surface area contributed by atoms with Crippen LogP contribution in [0, 0.1) is 0 Å². The van der Waals surface area contributed by atoms with Crippen molar-refractivity contribution in [1.29, 1.82) is 0 Å². The van der Waals surface area contributed by atoms with Crippen LogP contribution in [0.1, 0.15) is 22.5 Å². The normalized spacial score (nSPS) is 22.6. The Morgan fingerprint density at radius 2 is 1.95 bits per heavy atom. The summed E-state index contributed by atoms with van der Waals surface area (Å²) < 4.78 is 26.0. The third kappa shape index (κ3) is 2.54. The average Bonchev–Trinajstić information content (AvgIpc) is 3.04. The van der Waals surface area contributed by atoms with Gasteiger partial charge in [-0.1, -0.05) is 0 Å². The van der Waals surface area contributed by atoms with Crippen LogP contribution in [0.4, 0.5) is 0 Å². The van der Waals surface area contributed by atoms with Gasteiger partial charge in [0.15, 0.2) is 0 Å². The summed E-state index contributed by atoms with van der Waals surface area (Å²) in [6.45, 7) is 0.349. The number of fused-ring (bicyclic) bond motifs is 1. The molecule has 1 saturated carbocycles. The fourth-order valence-electron chi connectivity index (χ4n) is 2.42. The summed E-state index contributed by atoms with van der Waals surface area (Å²) in [7, 11) is -3.31. The summed E-state index contributed by atoms with van der Waals surface area (Å²) in [5.74, 6) is 0.00769. The fourth-order valence-corrected chi connectivity index (χ4v) is 10.8. The Kier molecular flexibility index (Phi) is 3.49. The molecule has 0 atom stereocenters. The first kappa shape index (κ1) is 14.8. The Hall–Kier alpha value is -0.0813. The van der Waals surface area contributed by atoms with Gasteiger partial charge >= 0.3 is 128 Å². The minimum atomic E-state index is -3.31. The molecule has 1 aromatic heterocycles. The average molecular weight is 420 g/mol. The van der Waals surface area contributed by atoms with Gasteiger partial charge in [0.1, 0.15) is 0 Å². The van der Waals surface area contributed by atoms with E-state index in [1.165, 1.54) is 14.2 Å². The molecule has 20 heavy (non-hydrogen) atoms. The number of amides is 1. The third-order valence-electron chi connectivity index (χ3n) is 3.82. The summed E-state index contributed by atoms with van der Waals surface area (Å²) in [5, 5.41) is 0. The van der Waals surface area contributed by atoms with Crippen LogP contribution >= 0.6 is 11.3 Å². The Labute approximate surface area is 128 Å². The Balaban J connectivity index is 2.13. The first-order valence-corrected chi connectivity index (χ1v) is 19.3. The topological polar surface area (TPSA) is 54.5 Å². The van der Waals surface area contributed by atoms with Crippen molar-refractivity contribution in [2.24, 2.45) is 0 Å². The van der Waals surface area contributed by atoms with Gasteiger partial charge in [0.05, 0.1) is 0 Å². The van der Waals surface area contributed by atoms with Crippen molar-refractivity contribution in [2.75, 3.05) is 12.3 Å². The maximum atomic E-state index is 12.6. The molecule has 7 heteroatoms. The molecule has 4 nitrogen and oxygen atoms in total. The second-order valence-electron chi connectivity index (χ2n) is 6.60. The van der Waals surface area contributed by atoms with E-state index in [2.05, 4.69) is 14.8 Å². The molecular weight excluding hydrogens is 401 g/mol. The van der Waals surface area contributed by atoms with E-state index in [-0.39, 0.29) is 17.7 Å². The molecule has 0 unspecified atom stereocenters. The van der Waals surface area contributed by atoms with Gasteiger partial charge in [-0.25, -0.2) is 0 Å². The van der Waals surface area contributed by atoms with E-state index in [1.54, 1.807) is 11.0 Å². The van der Waals surface area contributed by atoms with Gasteiger partial charge in [-0.05, 0) is 0 Å². The van der Waals surface area contributed by atoms with Crippen molar-refractivity contribution in [3.63, 3.8) is 0 Å². The Morgan fingerprint density at radius 3 is 2.50 bits per heavy atom. The van der Waals surface area contributed by atoms with Crippen molar-refractivity contribution >= 4 is 48.4 Å². The molecule has 1 aliphatic heterocycles. The Bertz CT molecular complexity index is 668. The fraction of sp³-hybridized carbons (Fsp3) is 0.615. The van der Waals surface area contributed by atoms with Crippen LogP contribution in [0.3, 0.4) is 0 Å². The zero-order valence-corrected chi connectivity index (χ0v) is 16.5. The molecule has 1 fully saturated rings. The van der Waals surface area contributed by atoms with Gasteiger partial charge in [-0.2, -0.15) is 0 Å². The SMILES string of the molecule is [CH3][Sn]([CH3])([CH3])[c]1cc2c(s1)C(=O)N(C1CC1)CCS2(=O)=O. The van der Waals surface area contributed by atoms with E-state index in [0.29, 0.717) is 16.3 Å². The van der Waals surface area contributed by atoms with E-state index < -0.39 is 28.2 Å². The molecule has 2 heterocycles. The van der Waals surface area contributed by atoms with Crippen molar-refractivity contribution in [2.45, 2.75) is 38.6 Å². The maximum absolute atomic E-state index is 12.6. The first-order valence-electron chi connectivity index (χ1n) is 6.88. The van der Waals surface area contributed by atoms with Crippen molar-refractivity contribution in [3.05, 3.63) is 10.9 Å². The van der Waals surface area contributed by atoms with Crippen molar-refractivity contribution < 1.29 is 13.2 Å². The number of rotatable bonds is 2. The number of carbonyl (C=O) groups is 1. The number of hydrogen-bond donors (Lipinski definition) is 0. The summed E-state index contributed by atoms with van der Waals surface area (Å²) in [6.07, 6.45) is 2.02. The molecule has 0 spiro atoms. The van der Waals surface area contributed by atoms with E-state index >= 15 is 0 Å². The second-order valence-corrected chi connectivity index (χ2v) is 25.1. The molecule has 0 radical (unpaired) electrons. The van der Waals surface area contributed by atoms with E-state index in [4.69, 9.17) is 0 Å². The first-order chi connectivity index (χ1) is 9.20. The molecule has 0 saturated heterocycles. The van der Waals surface area contributed by atoms with Crippen LogP contribution in [-0.4, -0.2) is 55.9 Å². The predicted molar refractivity (Wildman–Crippen MR) is 83.4 cm³/mol. The number of hydrogen-bond acceptors (Lipinski definition) is 4. The number of thiophene rings is 1. The molecule has 0 N–H and O–H groups in total. The van der Waals surface area contributed by atoms with Gasteiger partial charge in [-0.15, -0.1) is 0 Å². The van der Waals surface area contributed by atoms with Crippen molar-refractivity contribution in [3.8, 4) is 0 Å². The van der Waals surface area contributed by atoms with Crippen LogP contribution in [-0.2, 0) is 9.84 Å². The van der Waals surface area contributed by atoms with Crippen molar-refractivity contribution in [1.82, 2.24) is 4.90 Å². The van der Waals surface area contributed by atoms with Gasteiger partial charge < -0.3 is 0 Å². The molecule has 1 aliphatic carbocycles. The molecule has 0 aromatic carbocycles. The molecular formula is C13H19NO3S2Sn. The zero-order chi connectivity index (χ0) is 14.7. The molecule has 110 valence electrons.